The standard InChI is InChI=1S/C25H40N4O6.CH2Br2/c1-25(2,3)35-24(34)28-19(16-8-5-4-6-9-16)23(33)29-13-7-10-18(29)22(32)27-17(14-15-11-12-15)20(30)21(26)31;2-1-3/h15-19H,4-14H2,1-3H3,(H2,26,31)(H,27,32)(H,28,34);1H2/t17?,18-,19-;/m0./s1. The number of alkyl carbamates (subject to hydrolysis) is 1. The number of Topliss-reactive ketones (excluding diaryl/α,β-unsaturated/α-hetero) is 1. The summed E-state index contributed by atoms with van der Waals surface area (Å²) < 4.78 is 6.28. The van der Waals surface area contributed by atoms with Gasteiger partial charge in [-0.1, -0.05) is 64.0 Å². The zero-order chi connectivity index (χ0) is 28.5. The number of carbonyl (C=O) groups excluding carboxylic acids is 5. The number of likely N-dealkylation sites (tertiary alicyclic amines) is 1. The molecule has 4 N–H and O–H groups in total. The molecule has 3 fully saturated rings. The summed E-state index contributed by atoms with van der Waals surface area (Å²) in [6, 6.07) is -2.52. The first kappa shape index (κ1) is 32.5. The Labute approximate surface area is 242 Å². The van der Waals surface area contributed by atoms with Crippen molar-refractivity contribution in [3.8, 4) is 0 Å². The molecule has 12 heteroatoms. The van der Waals surface area contributed by atoms with E-state index in [-0.39, 0.29) is 11.8 Å². The number of alkyl halides is 2. The Morgan fingerprint density at radius 2 is 1.55 bits per heavy atom. The SMILES string of the molecule is BrCBr.CC(C)(C)OC(=O)N[C@H](C(=O)N1CCC[C@H]1C(=O)NC(CC1CC1)C(=O)C(N)=O)C1CCCCC1. The normalized spacial score (nSPS) is 21.4. The van der Waals surface area contributed by atoms with Crippen LogP contribution in [0.5, 0.6) is 0 Å². The van der Waals surface area contributed by atoms with Gasteiger partial charge < -0.3 is 26.0 Å². The molecule has 10 nitrogen and oxygen atoms in total. The molecule has 0 aromatic heterocycles. The molecule has 0 bridgehead atoms. The van der Waals surface area contributed by atoms with Crippen molar-refractivity contribution in [3.05, 3.63) is 0 Å². The maximum Gasteiger partial charge on any atom is 0.408 e. The molecule has 38 heavy (non-hydrogen) atoms. The number of nitrogens with zero attached hydrogens (tertiary/aromatic N) is 1. The fourth-order valence-corrected chi connectivity index (χ4v) is 5.12. The lowest BCUT2D eigenvalue weighted by atomic mass is 9.83. The number of ketones is 1. The number of nitrogens with two attached hydrogens (primary N) is 1. The zero-order valence-electron chi connectivity index (χ0n) is 22.6. The van der Waals surface area contributed by atoms with Crippen LogP contribution in [0.15, 0.2) is 0 Å². The van der Waals surface area contributed by atoms with Gasteiger partial charge in [-0.2, -0.15) is 0 Å². The summed E-state index contributed by atoms with van der Waals surface area (Å²) in [6.07, 6.45) is 7.37. The topological polar surface area (TPSA) is 148 Å². The average molecular weight is 666 g/mol. The van der Waals surface area contributed by atoms with E-state index >= 15 is 0 Å². The highest BCUT2D eigenvalue weighted by Crippen LogP contribution is 2.34. The fraction of sp³-hybridized carbons (Fsp3) is 0.808. The Morgan fingerprint density at radius 1 is 0.947 bits per heavy atom. The first-order chi connectivity index (χ1) is 17.9. The largest absolute Gasteiger partial charge is 0.444 e. The molecular formula is C26H42Br2N4O6. The minimum atomic E-state index is -1.07. The van der Waals surface area contributed by atoms with E-state index in [4.69, 9.17) is 10.5 Å². The summed E-state index contributed by atoms with van der Waals surface area (Å²) in [6.45, 7) is 5.66. The van der Waals surface area contributed by atoms with Crippen molar-refractivity contribution in [1.82, 2.24) is 15.5 Å². The van der Waals surface area contributed by atoms with Gasteiger partial charge in [-0.15, -0.1) is 0 Å². The molecule has 2 aliphatic carbocycles. The first-order valence-corrected chi connectivity index (χ1v) is 15.7. The van der Waals surface area contributed by atoms with E-state index in [9.17, 15) is 24.0 Å². The lowest BCUT2D eigenvalue weighted by Gasteiger charge is -2.35. The molecule has 1 saturated heterocycles. The Kier molecular flexibility index (Phi) is 13.0. The van der Waals surface area contributed by atoms with Crippen molar-refractivity contribution < 1.29 is 28.7 Å². The zero-order valence-corrected chi connectivity index (χ0v) is 25.8. The van der Waals surface area contributed by atoms with Crippen LogP contribution in [0.2, 0.25) is 0 Å². The molecule has 3 rings (SSSR count). The van der Waals surface area contributed by atoms with Crippen LogP contribution in [0, 0.1) is 11.8 Å². The summed E-state index contributed by atoms with van der Waals surface area (Å²) in [7, 11) is 0. The van der Waals surface area contributed by atoms with Crippen molar-refractivity contribution in [3.63, 3.8) is 0 Å². The third kappa shape index (κ3) is 10.5. The molecule has 3 atom stereocenters. The number of hydrogen-bond donors (Lipinski definition) is 3. The number of nitrogens with one attached hydrogen (secondary N) is 2. The van der Waals surface area contributed by atoms with Gasteiger partial charge in [0.15, 0.2) is 0 Å². The van der Waals surface area contributed by atoms with Crippen LogP contribution < -0.4 is 16.4 Å². The Hall–Kier alpha value is -1.69. The van der Waals surface area contributed by atoms with E-state index < -0.39 is 47.4 Å². The van der Waals surface area contributed by atoms with Crippen LogP contribution in [-0.4, -0.2) is 69.0 Å². The number of rotatable bonds is 9. The van der Waals surface area contributed by atoms with Crippen LogP contribution in [0.3, 0.4) is 0 Å². The van der Waals surface area contributed by atoms with Crippen LogP contribution in [0.1, 0.15) is 85.0 Å². The highest BCUT2D eigenvalue weighted by atomic mass is 79.9. The van der Waals surface area contributed by atoms with Gasteiger partial charge in [0, 0.05) is 6.54 Å². The maximum atomic E-state index is 13.7. The van der Waals surface area contributed by atoms with Crippen molar-refractivity contribution in [1.29, 1.82) is 0 Å². The van der Waals surface area contributed by atoms with Crippen LogP contribution in [0.25, 0.3) is 0 Å². The number of amides is 4. The number of ether oxygens (including phenoxy) is 1. The van der Waals surface area contributed by atoms with Crippen molar-refractivity contribution in [2.75, 3.05) is 10.8 Å². The van der Waals surface area contributed by atoms with Gasteiger partial charge in [0.05, 0.1) is 10.3 Å². The van der Waals surface area contributed by atoms with Gasteiger partial charge in [0.1, 0.15) is 17.7 Å². The second kappa shape index (κ2) is 15.2. The van der Waals surface area contributed by atoms with E-state index in [1.807, 2.05) is 0 Å². The summed E-state index contributed by atoms with van der Waals surface area (Å²) in [4.78, 5) is 64.8. The second-order valence-corrected chi connectivity index (χ2v) is 13.9. The molecule has 0 aromatic carbocycles. The Balaban J connectivity index is 0.00000161. The van der Waals surface area contributed by atoms with E-state index in [1.165, 1.54) is 4.90 Å². The maximum absolute atomic E-state index is 13.7. The number of hydrogen-bond acceptors (Lipinski definition) is 6. The van der Waals surface area contributed by atoms with Gasteiger partial charge in [0.25, 0.3) is 5.91 Å². The van der Waals surface area contributed by atoms with Crippen LogP contribution in [-0.2, 0) is 23.9 Å². The van der Waals surface area contributed by atoms with Gasteiger partial charge in [-0.3, -0.25) is 19.2 Å². The average Bonchev–Trinajstić information content (AvgIpc) is 3.52. The van der Waals surface area contributed by atoms with E-state index in [0.29, 0.717) is 31.7 Å². The number of carbonyl (C=O) groups is 5. The van der Waals surface area contributed by atoms with Gasteiger partial charge in [-0.05, 0) is 64.7 Å². The van der Waals surface area contributed by atoms with Crippen LogP contribution in [0.4, 0.5) is 4.79 Å². The summed E-state index contributed by atoms with van der Waals surface area (Å²) in [5.41, 5.74) is 4.49. The van der Waals surface area contributed by atoms with Crippen molar-refractivity contribution in [2.24, 2.45) is 17.6 Å². The third-order valence-corrected chi connectivity index (χ3v) is 7.04. The fourth-order valence-electron chi connectivity index (χ4n) is 5.12. The minimum absolute atomic E-state index is 0.0351. The Bertz CT molecular complexity index is 855. The number of halogens is 2. The summed E-state index contributed by atoms with van der Waals surface area (Å²) in [5.74, 6) is -2.40. The number of primary amides is 1. The van der Waals surface area contributed by atoms with Crippen molar-refractivity contribution in [2.45, 2.75) is 109 Å². The second-order valence-electron chi connectivity index (χ2n) is 11.3. The predicted octanol–water partition coefficient (Wildman–Crippen LogP) is 3.52. The highest BCUT2D eigenvalue weighted by molar-refractivity contribution is 9.24. The molecule has 4 amide bonds. The van der Waals surface area contributed by atoms with Crippen LogP contribution >= 0.6 is 31.9 Å². The molecule has 2 saturated carbocycles. The van der Waals surface area contributed by atoms with E-state index in [1.54, 1.807) is 20.8 Å². The molecule has 1 heterocycles. The third-order valence-electron chi connectivity index (χ3n) is 7.04. The van der Waals surface area contributed by atoms with Gasteiger partial charge in [0.2, 0.25) is 17.6 Å². The molecule has 0 radical (unpaired) electrons. The van der Waals surface area contributed by atoms with Crippen molar-refractivity contribution >= 4 is 61.5 Å². The monoisotopic (exact) mass is 664 g/mol. The van der Waals surface area contributed by atoms with E-state index in [2.05, 4.69) is 42.5 Å². The summed E-state index contributed by atoms with van der Waals surface area (Å²) in [5, 5.41) is 5.48. The predicted molar refractivity (Wildman–Crippen MR) is 151 cm³/mol. The molecule has 0 aromatic rings. The first-order valence-electron chi connectivity index (χ1n) is 13.4. The molecule has 0 spiro atoms. The molecule has 216 valence electrons. The Morgan fingerprint density at radius 3 is 2.08 bits per heavy atom. The highest BCUT2D eigenvalue weighted by Gasteiger charge is 2.42. The minimum Gasteiger partial charge on any atom is -0.444 e. The smallest absolute Gasteiger partial charge is 0.408 e. The quantitative estimate of drug-likeness (QED) is 0.254. The molecular weight excluding hydrogens is 624 g/mol. The van der Waals surface area contributed by atoms with Gasteiger partial charge >= 0.3 is 6.09 Å². The lowest BCUT2D eigenvalue weighted by molar-refractivity contribution is -0.143. The lowest BCUT2D eigenvalue weighted by Crippen LogP contribution is -2.58. The van der Waals surface area contributed by atoms with Gasteiger partial charge in [-0.25, -0.2) is 4.79 Å². The molecule has 1 aliphatic heterocycles. The summed E-state index contributed by atoms with van der Waals surface area (Å²) >= 11 is 6.12. The molecule has 3 aliphatic rings. The van der Waals surface area contributed by atoms with E-state index in [0.717, 1.165) is 49.2 Å². The molecule has 1 unspecified atom stereocenters.